The molecule has 1 heterocycles. The number of carbonyl (C=O) groups is 1. The van der Waals surface area contributed by atoms with Crippen LogP contribution in [0.2, 0.25) is 0 Å². The van der Waals surface area contributed by atoms with Gasteiger partial charge in [-0.15, -0.1) is 0 Å². The van der Waals surface area contributed by atoms with Gasteiger partial charge in [-0.05, 0) is 20.3 Å². The summed E-state index contributed by atoms with van der Waals surface area (Å²) < 4.78 is 1.77. The predicted octanol–water partition coefficient (Wildman–Crippen LogP) is 1.21. The van der Waals surface area contributed by atoms with Crippen LogP contribution >= 0.6 is 0 Å². The number of hydrogen-bond donors (Lipinski definition) is 0. The zero-order valence-electron chi connectivity index (χ0n) is 7.40. The molecule has 1 aromatic heterocycles. The van der Waals surface area contributed by atoms with E-state index in [4.69, 9.17) is 0 Å². The van der Waals surface area contributed by atoms with Crippen LogP contribution in [-0.2, 0) is 4.79 Å². The summed E-state index contributed by atoms with van der Waals surface area (Å²) in [4.78, 5) is 14.5. The van der Waals surface area contributed by atoms with E-state index in [-0.39, 0.29) is 11.8 Å². The average molecular weight is 167 g/mol. The van der Waals surface area contributed by atoms with Gasteiger partial charge in [0.2, 0.25) is 0 Å². The Labute approximate surface area is 71.6 Å². The topological polar surface area (TPSA) is 47.8 Å². The second-order valence-electron chi connectivity index (χ2n) is 2.97. The molecule has 4 heteroatoms. The summed E-state index contributed by atoms with van der Waals surface area (Å²) in [6.07, 6.45) is 4.62. The van der Waals surface area contributed by atoms with E-state index in [2.05, 4.69) is 10.1 Å². The molecular formula is C8H13N3O. The fraction of sp³-hybridized carbons (Fsp3) is 0.625. The van der Waals surface area contributed by atoms with E-state index in [0.29, 0.717) is 6.42 Å². The molecule has 0 N–H and O–H groups in total. The molecule has 4 nitrogen and oxygen atoms in total. The molecule has 0 radical (unpaired) electrons. The van der Waals surface area contributed by atoms with Crippen molar-refractivity contribution in [1.82, 2.24) is 14.8 Å². The maximum atomic E-state index is 10.7. The monoisotopic (exact) mass is 167 g/mol. The highest BCUT2D eigenvalue weighted by molar-refractivity contribution is 5.75. The minimum absolute atomic E-state index is 0.224. The van der Waals surface area contributed by atoms with Crippen molar-refractivity contribution in [1.29, 1.82) is 0 Å². The Morgan fingerprint density at radius 1 is 1.67 bits per heavy atom. The van der Waals surface area contributed by atoms with Crippen molar-refractivity contribution >= 4 is 5.78 Å². The molecular weight excluding hydrogens is 154 g/mol. The number of aromatic nitrogens is 3. The lowest BCUT2D eigenvalue weighted by atomic mass is 10.1. The molecule has 0 bridgehead atoms. The predicted molar refractivity (Wildman–Crippen MR) is 44.6 cm³/mol. The van der Waals surface area contributed by atoms with Crippen LogP contribution in [0, 0.1) is 0 Å². The summed E-state index contributed by atoms with van der Waals surface area (Å²) in [6, 6.07) is 0.261. The molecule has 1 aromatic rings. The molecule has 0 saturated heterocycles. The Morgan fingerprint density at radius 3 is 2.92 bits per heavy atom. The van der Waals surface area contributed by atoms with E-state index in [9.17, 15) is 4.79 Å². The average Bonchev–Trinajstić information content (AvgIpc) is 2.51. The quantitative estimate of drug-likeness (QED) is 0.677. The van der Waals surface area contributed by atoms with Crippen LogP contribution in [0.25, 0.3) is 0 Å². The first-order valence-electron chi connectivity index (χ1n) is 4.03. The number of hydrogen-bond acceptors (Lipinski definition) is 3. The van der Waals surface area contributed by atoms with E-state index in [1.165, 1.54) is 6.33 Å². The van der Waals surface area contributed by atoms with Gasteiger partial charge in [0.15, 0.2) is 0 Å². The van der Waals surface area contributed by atoms with Crippen molar-refractivity contribution in [3.8, 4) is 0 Å². The van der Waals surface area contributed by atoms with E-state index in [0.717, 1.165) is 6.42 Å². The van der Waals surface area contributed by atoms with Crippen LogP contribution in [0.15, 0.2) is 12.7 Å². The molecule has 0 fully saturated rings. The van der Waals surface area contributed by atoms with Crippen LogP contribution < -0.4 is 0 Å². The first-order chi connectivity index (χ1) is 5.70. The largest absolute Gasteiger partial charge is 0.300 e. The smallest absolute Gasteiger partial charge is 0.137 e. The molecule has 0 saturated carbocycles. The van der Waals surface area contributed by atoms with Crippen molar-refractivity contribution in [2.45, 2.75) is 32.7 Å². The standard InChI is InChI=1S/C8H13N3O/c1-7(3-4-8(2)12)11-6-9-5-10-11/h5-7H,3-4H2,1-2H3. The van der Waals surface area contributed by atoms with Gasteiger partial charge in [0, 0.05) is 6.42 Å². The fourth-order valence-electron chi connectivity index (χ4n) is 0.989. The molecule has 0 spiro atoms. The Balaban J connectivity index is 2.39. The number of nitrogens with zero attached hydrogens (tertiary/aromatic N) is 3. The van der Waals surface area contributed by atoms with Crippen molar-refractivity contribution < 1.29 is 4.79 Å². The zero-order chi connectivity index (χ0) is 8.97. The number of carbonyl (C=O) groups excluding carboxylic acids is 1. The van der Waals surface area contributed by atoms with Crippen molar-refractivity contribution in [3.63, 3.8) is 0 Å². The highest BCUT2D eigenvalue weighted by atomic mass is 16.1. The van der Waals surface area contributed by atoms with Crippen molar-refractivity contribution in [3.05, 3.63) is 12.7 Å². The summed E-state index contributed by atoms with van der Waals surface area (Å²) in [6.45, 7) is 3.63. The molecule has 1 unspecified atom stereocenters. The highest BCUT2D eigenvalue weighted by Crippen LogP contribution is 2.10. The lowest BCUT2D eigenvalue weighted by Crippen LogP contribution is -2.07. The van der Waals surface area contributed by atoms with Gasteiger partial charge in [-0.1, -0.05) is 0 Å². The van der Waals surface area contributed by atoms with E-state index >= 15 is 0 Å². The van der Waals surface area contributed by atoms with Crippen LogP contribution in [0.5, 0.6) is 0 Å². The Hall–Kier alpha value is -1.19. The van der Waals surface area contributed by atoms with Gasteiger partial charge in [-0.3, -0.25) is 4.68 Å². The Kier molecular flexibility index (Phi) is 2.96. The Morgan fingerprint density at radius 2 is 2.42 bits per heavy atom. The summed E-state index contributed by atoms with van der Waals surface area (Å²) in [5, 5.41) is 3.99. The summed E-state index contributed by atoms with van der Waals surface area (Å²) in [5.74, 6) is 0.224. The lowest BCUT2D eigenvalue weighted by Gasteiger charge is -2.08. The molecule has 66 valence electrons. The third-order valence-corrected chi connectivity index (χ3v) is 1.80. The minimum Gasteiger partial charge on any atom is -0.300 e. The number of ketones is 1. The third kappa shape index (κ3) is 2.45. The van der Waals surface area contributed by atoms with Gasteiger partial charge in [0.25, 0.3) is 0 Å². The van der Waals surface area contributed by atoms with Crippen LogP contribution in [0.4, 0.5) is 0 Å². The fourth-order valence-corrected chi connectivity index (χ4v) is 0.989. The molecule has 12 heavy (non-hydrogen) atoms. The SMILES string of the molecule is CC(=O)CCC(C)n1cncn1. The van der Waals surface area contributed by atoms with Gasteiger partial charge in [0.1, 0.15) is 18.4 Å². The second-order valence-corrected chi connectivity index (χ2v) is 2.97. The zero-order valence-corrected chi connectivity index (χ0v) is 7.40. The Bertz CT molecular complexity index is 243. The molecule has 1 atom stereocenters. The maximum absolute atomic E-state index is 10.7. The van der Waals surface area contributed by atoms with Gasteiger partial charge < -0.3 is 4.79 Å². The van der Waals surface area contributed by atoms with Gasteiger partial charge in [-0.2, -0.15) is 5.10 Å². The lowest BCUT2D eigenvalue weighted by molar-refractivity contribution is -0.117. The third-order valence-electron chi connectivity index (χ3n) is 1.80. The van der Waals surface area contributed by atoms with Crippen LogP contribution in [0.3, 0.4) is 0 Å². The second kappa shape index (κ2) is 3.99. The molecule has 0 aliphatic carbocycles. The summed E-state index contributed by atoms with van der Waals surface area (Å²) >= 11 is 0. The van der Waals surface area contributed by atoms with Crippen LogP contribution in [-0.4, -0.2) is 20.5 Å². The molecule has 0 aliphatic heterocycles. The van der Waals surface area contributed by atoms with E-state index < -0.39 is 0 Å². The highest BCUT2D eigenvalue weighted by Gasteiger charge is 2.05. The number of Topliss-reactive ketones (excluding diaryl/α,β-unsaturated/α-hetero) is 1. The van der Waals surface area contributed by atoms with Crippen molar-refractivity contribution in [2.75, 3.05) is 0 Å². The number of rotatable bonds is 4. The molecule has 1 rings (SSSR count). The maximum Gasteiger partial charge on any atom is 0.137 e. The molecule has 0 amide bonds. The summed E-state index contributed by atoms with van der Waals surface area (Å²) in [7, 11) is 0. The van der Waals surface area contributed by atoms with E-state index in [1.807, 2.05) is 6.92 Å². The normalized spacial score (nSPS) is 12.8. The summed E-state index contributed by atoms with van der Waals surface area (Å²) in [5.41, 5.74) is 0. The van der Waals surface area contributed by atoms with Gasteiger partial charge in [-0.25, -0.2) is 4.98 Å². The minimum atomic E-state index is 0.224. The molecule has 0 aromatic carbocycles. The van der Waals surface area contributed by atoms with E-state index in [1.54, 1.807) is 17.9 Å². The molecule has 0 aliphatic rings. The van der Waals surface area contributed by atoms with Gasteiger partial charge in [0.05, 0.1) is 6.04 Å². The van der Waals surface area contributed by atoms with Crippen LogP contribution in [0.1, 0.15) is 32.7 Å². The van der Waals surface area contributed by atoms with Gasteiger partial charge >= 0.3 is 0 Å². The van der Waals surface area contributed by atoms with Crippen molar-refractivity contribution in [2.24, 2.45) is 0 Å². The first kappa shape index (κ1) is 8.90. The first-order valence-corrected chi connectivity index (χ1v) is 4.03.